The van der Waals surface area contributed by atoms with Crippen molar-refractivity contribution in [2.45, 2.75) is 32.1 Å². The quantitative estimate of drug-likeness (QED) is 0.738. The minimum absolute atomic E-state index is 0.113. The van der Waals surface area contributed by atoms with Crippen LogP contribution in [0.5, 0.6) is 5.75 Å². The van der Waals surface area contributed by atoms with Crippen molar-refractivity contribution in [1.29, 1.82) is 0 Å². The van der Waals surface area contributed by atoms with Gasteiger partial charge in [-0.3, -0.25) is 0 Å². The molecule has 0 fully saturated rings. The van der Waals surface area contributed by atoms with Gasteiger partial charge >= 0.3 is 0 Å². The molecule has 2 aromatic carbocycles. The van der Waals surface area contributed by atoms with Crippen molar-refractivity contribution in [3.8, 4) is 5.75 Å². The van der Waals surface area contributed by atoms with Crippen LogP contribution < -0.4 is 10.5 Å². The summed E-state index contributed by atoms with van der Waals surface area (Å²) in [6.45, 7) is 3.37. The van der Waals surface area contributed by atoms with Crippen molar-refractivity contribution >= 4 is 0 Å². The summed E-state index contributed by atoms with van der Waals surface area (Å²) in [4.78, 5) is 0. The molecule has 118 valence electrons. The third kappa shape index (κ3) is 4.85. The molecular weight excluding hydrogens is 277 g/mol. The zero-order valence-electron chi connectivity index (χ0n) is 13.1. The Morgan fingerprint density at radius 3 is 2.68 bits per heavy atom. The lowest BCUT2D eigenvalue weighted by Crippen LogP contribution is -2.15. The van der Waals surface area contributed by atoms with Crippen molar-refractivity contribution in [1.82, 2.24) is 0 Å². The molecule has 0 aromatic heterocycles. The Morgan fingerprint density at radius 2 is 1.95 bits per heavy atom. The smallest absolute Gasteiger partial charge is 0.123 e. The standard InChI is InChI=1S/C19H24FNO/c1-2-3-10-22-19-9-4-6-15(12-19)11-17(14-21)16-7-5-8-18(20)13-16/h4-9,12-13,17H,2-3,10-11,14,21H2,1H3. The van der Waals surface area contributed by atoms with E-state index >= 15 is 0 Å². The van der Waals surface area contributed by atoms with Crippen LogP contribution in [0.3, 0.4) is 0 Å². The molecule has 0 spiro atoms. The van der Waals surface area contributed by atoms with Crippen LogP contribution in [0.1, 0.15) is 36.8 Å². The molecule has 1 unspecified atom stereocenters. The van der Waals surface area contributed by atoms with Gasteiger partial charge in [0.25, 0.3) is 0 Å². The fourth-order valence-corrected chi connectivity index (χ4v) is 2.48. The summed E-state index contributed by atoms with van der Waals surface area (Å²) in [7, 11) is 0. The fraction of sp³-hybridized carbons (Fsp3) is 0.368. The van der Waals surface area contributed by atoms with Crippen molar-refractivity contribution in [2.24, 2.45) is 5.73 Å². The lowest BCUT2D eigenvalue weighted by molar-refractivity contribution is 0.309. The molecule has 0 bridgehead atoms. The molecule has 0 saturated heterocycles. The second-order valence-corrected chi connectivity index (χ2v) is 5.54. The zero-order chi connectivity index (χ0) is 15.8. The molecule has 0 saturated carbocycles. The lowest BCUT2D eigenvalue weighted by Gasteiger charge is -2.16. The maximum Gasteiger partial charge on any atom is 0.123 e. The summed E-state index contributed by atoms with van der Waals surface area (Å²) in [5, 5.41) is 0. The predicted molar refractivity (Wildman–Crippen MR) is 88.7 cm³/mol. The van der Waals surface area contributed by atoms with Gasteiger partial charge in [-0.1, -0.05) is 37.6 Å². The van der Waals surface area contributed by atoms with E-state index in [1.165, 1.54) is 6.07 Å². The summed E-state index contributed by atoms with van der Waals surface area (Å²) in [5.74, 6) is 0.787. The van der Waals surface area contributed by atoms with Gasteiger partial charge in [0.15, 0.2) is 0 Å². The number of ether oxygens (including phenoxy) is 1. The molecule has 2 aromatic rings. The van der Waals surface area contributed by atoms with Gasteiger partial charge in [0.05, 0.1) is 6.61 Å². The summed E-state index contributed by atoms with van der Waals surface area (Å²) < 4.78 is 19.1. The van der Waals surface area contributed by atoms with E-state index in [1.54, 1.807) is 12.1 Å². The first-order valence-corrected chi connectivity index (χ1v) is 7.90. The molecule has 2 rings (SSSR count). The number of hydrogen-bond donors (Lipinski definition) is 1. The summed E-state index contributed by atoms with van der Waals surface area (Å²) >= 11 is 0. The number of benzene rings is 2. The average molecular weight is 301 g/mol. The van der Waals surface area contributed by atoms with E-state index in [0.717, 1.165) is 42.7 Å². The molecule has 2 N–H and O–H groups in total. The third-order valence-corrected chi connectivity index (χ3v) is 3.75. The monoisotopic (exact) mass is 301 g/mol. The van der Waals surface area contributed by atoms with Gasteiger partial charge in [0.2, 0.25) is 0 Å². The van der Waals surface area contributed by atoms with E-state index in [9.17, 15) is 4.39 Å². The van der Waals surface area contributed by atoms with Crippen molar-refractivity contribution in [3.63, 3.8) is 0 Å². The molecule has 0 amide bonds. The first-order chi connectivity index (χ1) is 10.7. The van der Waals surface area contributed by atoms with Gasteiger partial charge in [-0.15, -0.1) is 0 Å². The number of halogens is 1. The van der Waals surface area contributed by atoms with Crippen LogP contribution in [0.4, 0.5) is 4.39 Å². The van der Waals surface area contributed by atoms with Crippen LogP contribution in [-0.2, 0) is 6.42 Å². The third-order valence-electron chi connectivity index (χ3n) is 3.75. The van der Waals surface area contributed by atoms with E-state index in [-0.39, 0.29) is 11.7 Å². The number of hydrogen-bond acceptors (Lipinski definition) is 2. The molecule has 0 aliphatic carbocycles. The van der Waals surface area contributed by atoms with Crippen molar-refractivity contribution < 1.29 is 9.13 Å². The van der Waals surface area contributed by atoms with Gasteiger partial charge in [-0.05, 0) is 54.8 Å². The molecule has 0 radical (unpaired) electrons. The predicted octanol–water partition coefficient (Wildman–Crippen LogP) is 4.29. The largest absolute Gasteiger partial charge is 0.494 e. The van der Waals surface area contributed by atoms with Gasteiger partial charge in [0.1, 0.15) is 11.6 Å². The van der Waals surface area contributed by atoms with Crippen LogP contribution >= 0.6 is 0 Å². The Hall–Kier alpha value is -1.87. The molecular formula is C19H24FNO. The molecule has 3 heteroatoms. The maximum absolute atomic E-state index is 13.4. The second-order valence-electron chi connectivity index (χ2n) is 5.54. The Balaban J connectivity index is 2.06. The SMILES string of the molecule is CCCCOc1cccc(CC(CN)c2cccc(F)c2)c1. The Morgan fingerprint density at radius 1 is 1.14 bits per heavy atom. The topological polar surface area (TPSA) is 35.2 Å². The van der Waals surface area contributed by atoms with E-state index < -0.39 is 0 Å². The Labute approximate surface area is 132 Å². The van der Waals surface area contributed by atoms with E-state index in [4.69, 9.17) is 10.5 Å². The van der Waals surface area contributed by atoms with E-state index in [1.807, 2.05) is 18.2 Å². The van der Waals surface area contributed by atoms with Crippen molar-refractivity contribution in [2.75, 3.05) is 13.2 Å². The second kappa shape index (κ2) is 8.54. The summed E-state index contributed by atoms with van der Waals surface area (Å²) in [6.07, 6.45) is 2.96. The highest BCUT2D eigenvalue weighted by atomic mass is 19.1. The van der Waals surface area contributed by atoms with E-state index in [2.05, 4.69) is 19.1 Å². The highest BCUT2D eigenvalue weighted by molar-refractivity contribution is 5.31. The molecule has 22 heavy (non-hydrogen) atoms. The normalized spacial score (nSPS) is 12.1. The van der Waals surface area contributed by atoms with Crippen LogP contribution in [0.2, 0.25) is 0 Å². The minimum Gasteiger partial charge on any atom is -0.494 e. The van der Waals surface area contributed by atoms with Gasteiger partial charge in [-0.2, -0.15) is 0 Å². The zero-order valence-corrected chi connectivity index (χ0v) is 13.1. The van der Waals surface area contributed by atoms with E-state index in [0.29, 0.717) is 6.54 Å². The van der Waals surface area contributed by atoms with Gasteiger partial charge in [0, 0.05) is 5.92 Å². The lowest BCUT2D eigenvalue weighted by atomic mass is 9.92. The molecule has 2 nitrogen and oxygen atoms in total. The Bertz CT molecular complexity index is 585. The minimum atomic E-state index is -0.215. The maximum atomic E-state index is 13.4. The first kappa shape index (κ1) is 16.5. The van der Waals surface area contributed by atoms with Crippen LogP contribution in [0.15, 0.2) is 48.5 Å². The number of rotatable bonds is 8. The molecule has 1 atom stereocenters. The fourth-order valence-electron chi connectivity index (χ4n) is 2.48. The summed E-state index contributed by atoms with van der Waals surface area (Å²) in [5.41, 5.74) is 7.99. The molecule has 0 aliphatic rings. The van der Waals surface area contributed by atoms with Crippen LogP contribution in [-0.4, -0.2) is 13.2 Å². The van der Waals surface area contributed by atoms with Crippen LogP contribution in [0, 0.1) is 5.82 Å². The molecule has 0 heterocycles. The average Bonchev–Trinajstić information content (AvgIpc) is 2.53. The van der Waals surface area contributed by atoms with Crippen LogP contribution in [0.25, 0.3) is 0 Å². The first-order valence-electron chi connectivity index (χ1n) is 7.90. The highest BCUT2D eigenvalue weighted by Gasteiger charge is 2.12. The van der Waals surface area contributed by atoms with Crippen molar-refractivity contribution in [3.05, 3.63) is 65.5 Å². The Kier molecular flexibility index (Phi) is 6.41. The van der Waals surface area contributed by atoms with Gasteiger partial charge in [-0.25, -0.2) is 4.39 Å². The van der Waals surface area contributed by atoms with Gasteiger partial charge < -0.3 is 10.5 Å². The number of nitrogens with two attached hydrogens (primary N) is 1. The number of unbranched alkanes of at least 4 members (excludes halogenated alkanes) is 1. The summed E-state index contributed by atoms with van der Waals surface area (Å²) in [6, 6.07) is 14.8. The molecule has 0 aliphatic heterocycles. The highest BCUT2D eigenvalue weighted by Crippen LogP contribution is 2.23.